The van der Waals surface area contributed by atoms with E-state index in [4.69, 9.17) is 27.6 Å². The van der Waals surface area contributed by atoms with Crippen LogP contribution in [-0.4, -0.2) is 19.3 Å². The smallest absolute Gasteiger partial charge is 0.274 e. The number of sulfonamides is 1. The van der Waals surface area contributed by atoms with Crippen molar-refractivity contribution >= 4 is 55.6 Å². The van der Waals surface area contributed by atoms with Gasteiger partial charge in [-0.15, -0.1) is 0 Å². The molecule has 1 amide bonds. The zero-order valence-electron chi connectivity index (χ0n) is 14.7. The Morgan fingerprint density at radius 1 is 1.21 bits per heavy atom. The molecule has 0 bridgehead atoms. The van der Waals surface area contributed by atoms with Crippen LogP contribution in [0.5, 0.6) is 0 Å². The SMILES string of the molecule is CC(=O)Nc1nc(C)c(-c2ccc(S(=O)(=O)NCc3cc(Cl)cc(Cl)c3)o2)s1. The third-order valence-electron chi connectivity index (χ3n) is 3.54. The Hall–Kier alpha value is -1.91. The molecule has 28 heavy (non-hydrogen) atoms. The molecule has 0 aliphatic carbocycles. The van der Waals surface area contributed by atoms with E-state index >= 15 is 0 Å². The maximum atomic E-state index is 12.5. The summed E-state index contributed by atoms with van der Waals surface area (Å²) >= 11 is 13.0. The van der Waals surface area contributed by atoms with Crippen molar-refractivity contribution in [2.75, 3.05) is 5.32 Å². The summed E-state index contributed by atoms with van der Waals surface area (Å²) in [6.07, 6.45) is 0. The largest absolute Gasteiger partial charge is 0.442 e. The molecule has 0 radical (unpaired) electrons. The zero-order chi connectivity index (χ0) is 20.5. The normalized spacial score (nSPS) is 11.6. The van der Waals surface area contributed by atoms with Crippen LogP contribution in [0.1, 0.15) is 18.2 Å². The minimum Gasteiger partial charge on any atom is -0.442 e. The lowest BCUT2D eigenvalue weighted by molar-refractivity contribution is -0.114. The highest BCUT2D eigenvalue weighted by Gasteiger charge is 2.21. The molecule has 7 nitrogen and oxygen atoms in total. The van der Waals surface area contributed by atoms with Gasteiger partial charge in [-0.2, -0.15) is 0 Å². The maximum absolute atomic E-state index is 12.5. The van der Waals surface area contributed by atoms with Gasteiger partial charge in [-0.05, 0) is 42.8 Å². The van der Waals surface area contributed by atoms with E-state index in [-0.39, 0.29) is 17.5 Å². The molecule has 2 N–H and O–H groups in total. The molecule has 0 unspecified atom stereocenters. The van der Waals surface area contributed by atoms with E-state index in [0.717, 1.165) is 0 Å². The molecule has 2 heterocycles. The topological polar surface area (TPSA) is 101 Å². The van der Waals surface area contributed by atoms with Crippen molar-refractivity contribution in [1.29, 1.82) is 0 Å². The second kappa shape index (κ2) is 8.22. The van der Waals surface area contributed by atoms with E-state index < -0.39 is 10.0 Å². The number of anilines is 1. The van der Waals surface area contributed by atoms with Gasteiger partial charge in [-0.3, -0.25) is 4.79 Å². The van der Waals surface area contributed by atoms with E-state index in [0.29, 0.717) is 37.1 Å². The monoisotopic (exact) mass is 459 g/mol. The molecular formula is C17H15Cl2N3O4S2. The number of hydrogen-bond acceptors (Lipinski definition) is 6. The van der Waals surface area contributed by atoms with Crippen LogP contribution < -0.4 is 10.0 Å². The van der Waals surface area contributed by atoms with Gasteiger partial charge < -0.3 is 9.73 Å². The highest BCUT2D eigenvalue weighted by molar-refractivity contribution is 7.89. The van der Waals surface area contributed by atoms with Gasteiger partial charge in [0, 0.05) is 23.5 Å². The van der Waals surface area contributed by atoms with Crippen LogP contribution in [0.15, 0.2) is 39.8 Å². The molecule has 0 aliphatic heterocycles. The molecule has 0 aliphatic rings. The number of aryl methyl sites for hydroxylation is 1. The van der Waals surface area contributed by atoms with Crippen LogP contribution in [0.4, 0.5) is 5.13 Å². The number of nitrogens with one attached hydrogen (secondary N) is 2. The van der Waals surface area contributed by atoms with Crippen LogP contribution >= 0.6 is 34.5 Å². The Balaban J connectivity index is 1.78. The lowest BCUT2D eigenvalue weighted by atomic mass is 10.2. The van der Waals surface area contributed by atoms with Crippen LogP contribution in [0.3, 0.4) is 0 Å². The van der Waals surface area contributed by atoms with E-state index in [2.05, 4.69) is 15.0 Å². The van der Waals surface area contributed by atoms with Crippen molar-refractivity contribution in [3.05, 3.63) is 51.6 Å². The van der Waals surface area contributed by atoms with Crippen molar-refractivity contribution in [2.45, 2.75) is 25.5 Å². The number of carbonyl (C=O) groups excluding carboxylic acids is 1. The number of amides is 1. The highest BCUT2D eigenvalue weighted by atomic mass is 35.5. The van der Waals surface area contributed by atoms with Crippen molar-refractivity contribution in [3.63, 3.8) is 0 Å². The summed E-state index contributed by atoms with van der Waals surface area (Å²) in [7, 11) is -3.88. The van der Waals surface area contributed by atoms with Gasteiger partial charge >= 0.3 is 0 Å². The fraction of sp³-hybridized carbons (Fsp3) is 0.176. The molecular weight excluding hydrogens is 445 g/mol. The van der Waals surface area contributed by atoms with E-state index in [1.54, 1.807) is 31.2 Å². The van der Waals surface area contributed by atoms with Crippen LogP contribution in [0.25, 0.3) is 10.6 Å². The van der Waals surface area contributed by atoms with E-state index in [1.165, 1.54) is 24.3 Å². The van der Waals surface area contributed by atoms with Crippen LogP contribution in [0.2, 0.25) is 10.0 Å². The number of benzene rings is 1. The Morgan fingerprint density at radius 3 is 2.54 bits per heavy atom. The number of thiazole rings is 1. The lowest BCUT2D eigenvalue weighted by Crippen LogP contribution is -2.22. The molecule has 148 valence electrons. The number of hydrogen-bond donors (Lipinski definition) is 2. The second-order valence-electron chi connectivity index (χ2n) is 5.84. The summed E-state index contributed by atoms with van der Waals surface area (Å²) in [4.78, 5) is 16.0. The van der Waals surface area contributed by atoms with Crippen LogP contribution in [0, 0.1) is 6.92 Å². The van der Waals surface area contributed by atoms with Gasteiger partial charge in [-0.1, -0.05) is 34.5 Å². The number of furan rings is 1. The highest BCUT2D eigenvalue weighted by Crippen LogP contribution is 2.34. The van der Waals surface area contributed by atoms with Crippen molar-refractivity contribution in [3.8, 4) is 10.6 Å². The van der Waals surface area contributed by atoms with E-state index in [1.807, 2.05) is 0 Å². The number of halogens is 2. The number of carbonyl (C=O) groups is 1. The molecule has 0 fully saturated rings. The molecule has 1 aromatic carbocycles. The summed E-state index contributed by atoms with van der Waals surface area (Å²) in [6.45, 7) is 3.13. The molecule has 0 atom stereocenters. The van der Waals surface area contributed by atoms with Gasteiger partial charge in [0.25, 0.3) is 10.0 Å². The van der Waals surface area contributed by atoms with E-state index in [9.17, 15) is 13.2 Å². The van der Waals surface area contributed by atoms with Crippen molar-refractivity contribution in [2.24, 2.45) is 0 Å². The third-order valence-corrected chi connectivity index (χ3v) is 6.34. The number of nitrogens with zero attached hydrogens (tertiary/aromatic N) is 1. The molecule has 0 saturated heterocycles. The van der Waals surface area contributed by atoms with Gasteiger partial charge in [-0.25, -0.2) is 18.1 Å². The standard InChI is InChI=1S/C17H15Cl2N3O4S2/c1-9-16(27-17(21-9)22-10(2)23)14-3-4-15(26-14)28(24,25)20-8-11-5-12(18)7-13(19)6-11/h3-7,20H,8H2,1-2H3,(H,21,22,23). The predicted octanol–water partition coefficient (Wildman–Crippen LogP) is 4.46. The first-order valence-electron chi connectivity index (χ1n) is 7.94. The average Bonchev–Trinajstić information content (AvgIpc) is 3.19. The molecule has 3 rings (SSSR count). The molecule has 11 heteroatoms. The molecule has 3 aromatic rings. The molecule has 0 spiro atoms. The van der Waals surface area contributed by atoms with Crippen molar-refractivity contribution < 1.29 is 17.6 Å². The first kappa shape index (κ1) is 20.8. The zero-order valence-corrected chi connectivity index (χ0v) is 17.9. The van der Waals surface area contributed by atoms with Crippen LogP contribution in [-0.2, 0) is 21.4 Å². The summed E-state index contributed by atoms with van der Waals surface area (Å²) < 4.78 is 33.0. The summed E-state index contributed by atoms with van der Waals surface area (Å²) in [6, 6.07) is 7.71. The summed E-state index contributed by atoms with van der Waals surface area (Å²) in [5.74, 6) is 0.103. The lowest BCUT2D eigenvalue weighted by Gasteiger charge is -2.05. The number of rotatable bonds is 6. The maximum Gasteiger partial charge on any atom is 0.274 e. The third kappa shape index (κ3) is 4.92. The summed E-state index contributed by atoms with van der Waals surface area (Å²) in [5.41, 5.74) is 1.24. The predicted molar refractivity (Wildman–Crippen MR) is 109 cm³/mol. The number of aromatic nitrogens is 1. The Kier molecular flexibility index (Phi) is 6.11. The first-order valence-corrected chi connectivity index (χ1v) is 11.0. The quantitative estimate of drug-likeness (QED) is 0.566. The van der Waals surface area contributed by atoms with Gasteiger partial charge in [0.15, 0.2) is 5.13 Å². The fourth-order valence-electron chi connectivity index (χ4n) is 2.38. The Bertz CT molecular complexity index is 1120. The second-order valence-corrected chi connectivity index (χ2v) is 9.41. The van der Waals surface area contributed by atoms with Crippen molar-refractivity contribution in [1.82, 2.24) is 9.71 Å². The molecule has 2 aromatic heterocycles. The minimum absolute atomic E-state index is 0.00487. The first-order chi connectivity index (χ1) is 13.1. The fourth-order valence-corrected chi connectivity index (χ4v) is 4.87. The van der Waals surface area contributed by atoms with Gasteiger partial charge in [0.2, 0.25) is 11.0 Å². The minimum atomic E-state index is -3.88. The van der Waals surface area contributed by atoms with Gasteiger partial charge in [0.05, 0.1) is 10.6 Å². The Labute approximate surface area is 175 Å². The summed E-state index contributed by atoms with van der Waals surface area (Å²) in [5, 5.41) is 3.61. The Morgan fingerprint density at radius 2 is 1.89 bits per heavy atom. The van der Waals surface area contributed by atoms with Gasteiger partial charge in [0.1, 0.15) is 5.76 Å². The molecule has 0 saturated carbocycles. The average molecular weight is 460 g/mol.